The quantitative estimate of drug-likeness (QED) is 0.585. The maximum Gasteiger partial charge on any atom is 0.234 e. The van der Waals surface area contributed by atoms with Crippen LogP contribution in [0, 0.1) is 11.3 Å². The standard InChI is InChI=1S/C23H22BrN3O2S/c1-14(2)15-3-5-16(6-4-15)19-11-21(28)27-23(20(19)12-25)30-13-22(29)26-18-9-7-17(24)8-10-18/h3-10,14,19H,11,13H2,1-2H3,(H,26,29)(H,27,28)/t19-/m0/s1. The number of nitrogens with zero attached hydrogens (tertiary/aromatic N) is 1. The monoisotopic (exact) mass is 483 g/mol. The van der Waals surface area contributed by atoms with Gasteiger partial charge in [-0.25, -0.2) is 0 Å². The van der Waals surface area contributed by atoms with Crippen molar-refractivity contribution in [3.8, 4) is 6.07 Å². The van der Waals surface area contributed by atoms with Crippen molar-refractivity contribution in [1.82, 2.24) is 5.32 Å². The first kappa shape index (κ1) is 22.1. The van der Waals surface area contributed by atoms with Crippen molar-refractivity contribution in [2.45, 2.75) is 32.1 Å². The van der Waals surface area contributed by atoms with E-state index in [2.05, 4.69) is 46.5 Å². The van der Waals surface area contributed by atoms with Crippen molar-refractivity contribution in [2.24, 2.45) is 0 Å². The highest BCUT2D eigenvalue weighted by Gasteiger charge is 2.29. The number of amides is 2. The third kappa shape index (κ3) is 5.53. The lowest BCUT2D eigenvalue weighted by Gasteiger charge is -2.25. The Balaban J connectivity index is 1.74. The van der Waals surface area contributed by atoms with Gasteiger partial charge in [-0.1, -0.05) is 65.8 Å². The first-order chi connectivity index (χ1) is 14.4. The molecule has 0 unspecified atom stereocenters. The molecule has 0 saturated carbocycles. The first-order valence-corrected chi connectivity index (χ1v) is 11.4. The van der Waals surface area contributed by atoms with E-state index in [0.717, 1.165) is 10.0 Å². The summed E-state index contributed by atoms with van der Waals surface area (Å²) in [5, 5.41) is 15.8. The minimum atomic E-state index is -0.304. The van der Waals surface area contributed by atoms with Crippen LogP contribution < -0.4 is 10.6 Å². The van der Waals surface area contributed by atoms with Gasteiger partial charge in [0.2, 0.25) is 11.8 Å². The molecule has 2 N–H and O–H groups in total. The number of carbonyl (C=O) groups excluding carboxylic acids is 2. The smallest absolute Gasteiger partial charge is 0.234 e. The van der Waals surface area contributed by atoms with Crippen LogP contribution in [-0.2, 0) is 9.59 Å². The lowest BCUT2D eigenvalue weighted by atomic mass is 9.86. The van der Waals surface area contributed by atoms with Crippen LogP contribution in [0.2, 0.25) is 0 Å². The van der Waals surface area contributed by atoms with Gasteiger partial charge in [0.25, 0.3) is 0 Å². The van der Waals surface area contributed by atoms with E-state index >= 15 is 0 Å². The Hall–Kier alpha value is -2.56. The van der Waals surface area contributed by atoms with Crippen LogP contribution in [0.4, 0.5) is 5.69 Å². The van der Waals surface area contributed by atoms with Gasteiger partial charge in [0, 0.05) is 22.5 Å². The van der Waals surface area contributed by atoms with Crippen molar-refractivity contribution < 1.29 is 9.59 Å². The highest BCUT2D eigenvalue weighted by molar-refractivity contribution is 9.10. The number of nitriles is 1. The van der Waals surface area contributed by atoms with Crippen molar-refractivity contribution >= 4 is 45.2 Å². The van der Waals surface area contributed by atoms with Crippen molar-refractivity contribution in [2.75, 3.05) is 11.1 Å². The van der Waals surface area contributed by atoms with E-state index in [1.807, 2.05) is 36.4 Å². The molecule has 154 valence electrons. The molecule has 2 aromatic carbocycles. The summed E-state index contributed by atoms with van der Waals surface area (Å²) in [4.78, 5) is 24.6. The molecular weight excluding hydrogens is 462 g/mol. The molecule has 3 rings (SSSR count). The van der Waals surface area contributed by atoms with Crippen LogP contribution >= 0.6 is 27.7 Å². The molecule has 0 aromatic heterocycles. The predicted octanol–water partition coefficient (Wildman–Crippen LogP) is 5.28. The third-order valence-electron chi connectivity index (χ3n) is 4.84. The van der Waals surface area contributed by atoms with E-state index in [0.29, 0.717) is 22.2 Å². The van der Waals surface area contributed by atoms with Gasteiger partial charge in [0.05, 0.1) is 22.4 Å². The topological polar surface area (TPSA) is 82.0 Å². The summed E-state index contributed by atoms with van der Waals surface area (Å²) in [6.45, 7) is 4.25. The zero-order chi connectivity index (χ0) is 21.7. The fourth-order valence-electron chi connectivity index (χ4n) is 3.20. The number of carbonyl (C=O) groups is 2. The second-order valence-electron chi connectivity index (χ2n) is 7.32. The summed E-state index contributed by atoms with van der Waals surface area (Å²) in [6.07, 6.45) is 0.221. The molecule has 2 amide bonds. The lowest BCUT2D eigenvalue weighted by molar-refractivity contribution is -0.121. The van der Waals surface area contributed by atoms with Crippen LogP contribution in [0.25, 0.3) is 0 Å². The third-order valence-corrected chi connectivity index (χ3v) is 6.38. The molecule has 0 spiro atoms. The SMILES string of the molecule is CC(C)c1ccc([C@@H]2CC(=O)NC(SCC(=O)Nc3ccc(Br)cc3)=C2C#N)cc1. The van der Waals surface area contributed by atoms with Crippen molar-refractivity contribution in [3.63, 3.8) is 0 Å². The zero-order valence-electron chi connectivity index (χ0n) is 16.7. The molecular formula is C23H22BrN3O2S. The summed E-state index contributed by atoms with van der Waals surface area (Å²) in [7, 11) is 0. The maximum atomic E-state index is 12.3. The fraction of sp³-hybridized carbons (Fsp3) is 0.261. The summed E-state index contributed by atoms with van der Waals surface area (Å²) in [6, 6.07) is 17.6. The average molecular weight is 484 g/mol. The van der Waals surface area contributed by atoms with Gasteiger partial charge in [-0.2, -0.15) is 5.26 Å². The molecule has 7 heteroatoms. The average Bonchev–Trinajstić information content (AvgIpc) is 2.73. The minimum Gasteiger partial charge on any atom is -0.325 e. The highest BCUT2D eigenvalue weighted by atomic mass is 79.9. The maximum absolute atomic E-state index is 12.3. The van der Waals surface area contributed by atoms with E-state index in [9.17, 15) is 14.9 Å². The van der Waals surface area contributed by atoms with E-state index in [1.165, 1.54) is 17.3 Å². The van der Waals surface area contributed by atoms with Crippen LogP contribution in [0.1, 0.15) is 43.2 Å². The molecule has 0 radical (unpaired) electrons. The van der Waals surface area contributed by atoms with Crippen LogP contribution in [0.15, 0.2) is 63.6 Å². The van der Waals surface area contributed by atoms with E-state index in [-0.39, 0.29) is 29.9 Å². The van der Waals surface area contributed by atoms with Crippen LogP contribution in [0.3, 0.4) is 0 Å². The first-order valence-electron chi connectivity index (χ1n) is 9.59. The second kappa shape index (κ2) is 9.96. The lowest BCUT2D eigenvalue weighted by Crippen LogP contribution is -2.31. The second-order valence-corrected chi connectivity index (χ2v) is 9.23. The number of allylic oxidation sites excluding steroid dienone is 1. The fourth-order valence-corrected chi connectivity index (χ4v) is 4.34. The zero-order valence-corrected chi connectivity index (χ0v) is 19.1. The van der Waals surface area contributed by atoms with E-state index in [4.69, 9.17) is 0 Å². The number of benzene rings is 2. The molecule has 30 heavy (non-hydrogen) atoms. The minimum absolute atomic E-state index is 0.0931. The van der Waals surface area contributed by atoms with Crippen molar-refractivity contribution in [1.29, 1.82) is 5.26 Å². The van der Waals surface area contributed by atoms with Crippen LogP contribution in [0.5, 0.6) is 0 Å². The van der Waals surface area contributed by atoms with Crippen LogP contribution in [-0.4, -0.2) is 17.6 Å². The summed E-state index contributed by atoms with van der Waals surface area (Å²) >= 11 is 4.53. The van der Waals surface area contributed by atoms with Gasteiger partial charge in [-0.05, 0) is 41.3 Å². The number of rotatable bonds is 6. The van der Waals surface area contributed by atoms with E-state index in [1.54, 1.807) is 12.1 Å². The number of halogens is 1. The molecule has 5 nitrogen and oxygen atoms in total. The molecule has 0 bridgehead atoms. The number of thioether (sulfide) groups is 1. The van der Waals surface area contributed by atoms with Crippen molar-refractivity contribution in [3.05, 3.63) is 74.7 Å². The Labute approximate surface area is 189 Å². The number of nitrogens with one attached hydrogen (secondary N) is 2. The van der Waals surface area contributed by atoms with Gasteiger partial charge in [0.15, 0.2) is 0 Å². The highest BCUT2D eigenvalue weighted by Crippen LogP contribution is 2.36. The van der Waals surface area contributed by atoms with Gasteiger partial charge in [-0.3, -0.25) is 9.59 Å². The Morgan fingerprint density at radius 2 is 1.90 bits per heavy atom. The molecule has 0 fully saturated rings. The number of hydrogen-bond donors (Lipinski definition) is 2. The number of hydrogen-bond acceptors (Lipinski definition) is 4. The molecule has 0 saturated heterocycles. The Kier molecular flexibility index (Phi) is 7.35. The molecule has 0 aliphatic carbocycles. The molecule has 1 aliphatic heterocycles. The Bertz CT molecular complexity index is 1010. The molecule has 2 aromatic rings. The molecule has 1 heterocycles. The van der Waals surface area contributed by atoms with Gasteiger partial charge in [0.1, 0.15) is 0 Å². The predicted molar refractivity (Wildman–Crippen MR) is 124 cm³/mol. The van der Waals surface area contributed by atoms with Gasteiger partial charge < -0.3 is 10.6 Å². The molecule has 1 atom stereocenters. The number of anilines is 1. The summed E-state index contributed by atoms with van der Waals surface area (Å²) in [5.74, 6) is -0.153. The molecule has 1 aliphatic rings. The largest absolute Gasteiger partial charge is 0.325 e. The van der Waals surface area contributed by atoms with Gasteiger partial charge >= 0.3 is 0 Å². The normalized spacial score (nSPS) is 16.2. The Morgan fingerprint density at radius 1 is 1.23 bits per heavy atom. The van der Waals surface area contributed by atoms with E-state index < -0.39 is 0 Å². The van der Waals surface area contributed by atoms with Gasteiger partial charge in [-0.15, -0.1) is 0 Å². The summed E-state index contributed by atoms with van der Waals surface area (Å²) < 4.78 is 0.927. The summed E-state index contributed by atoms with van der Waals surface area (Å²) in [5.41, 5.74) is 3.33. The Morgan fingerprint density at radius 3 is 2.50 bits per heavy atom.